The van der Waals surface area contributed by atoms with Crippen LogP contribution in [-0.4, -0.2) is 49.6 Å². The van der Waals surface area contributed by atoms with Gasteiger partial charge in [-0.2, -0.15) is 0 Å². The summed E-state index contributed by atoms with van der Waals surface area (Å²) in [5.41, 5.74) is 0.679. The summed E-state index contributed by atoms with van der Waals surface area (Å²) in [7, 11) is 0. The third-order valence-corrected chi connectivity index (χ3v) is 5.92. The Kier molecular flexibility index (Phi) is 6.52. The Morgan fingerprint density at radius 3 is 2.54 bits per heavy atom. The van der Waals surface area contributed by atoms with E-state index in [0.717, 1.165) is 45.4 Å². The lowest BCUT2D eigenvalue weighted by Crippen LogP contribution is -2.40. The molecule has 0 spiro atoms. The van der Waals surface area contributed by atoms with Crippen molar-refractivity contribution in [2.24, 2.45) is 11.8 Å². The lowest BCUT2D eigenvalue weighted by molar-refractivity contribution is -0.122. The van der Waals surface area contributed by atoms with Crippen LogP contribution in [0, 0.1) is 17.7 Å². The first-order chi connectivity index (χ1) is 12.5. The van der Waals surface area contributed by atoms with Crippen LogP contribution >= 0.6 is 0 Å². The first-order valence-electron chi connectivity index (χ1n) is 10.0. The minimum atomic E-state index is -0.162. The second kappa shape index (κ2) is 8.85. The Bertz CT molecular complexity index is 599. The molecule has 1 atom stereocenters. The van der Waals surface area contributed by atoms with Gasteiger partial charge in [0, 0.05) is 32.1 Å². The average Bonchev–Trinajstić information content (AvgIpc) is 3.09. The first kappa shape index (κ1) is 19.2. The van der Waals surface area contributed by atoms with E-state index in [1.165, 1.54) is 6.07 Å². The van der Waals surface area contributed by atoms with Gasteiger partial charge in [0.1, 0.15) is 5.82 Å². The highest BCUT2D eigenvalue weighted by Crippen LogP contribution is 2.26. The number of halogens is 1. The van der Waals surface area contributed by atoms with Crippen LogP contribution in [0.3, 0.4) is 0 Å². The Morgan fingerprint density at radius 2 is 1.85 bits per heavy atom. The Balaban J connectivity index is 1.37. The van der Waals surface area contributed by atoms with Gasteiger partial charge < -0.3 is 15.1 Å². The number of para-hydroxylation sites is 1. The van der Waals surface area contributed by atoms with Crippen molar-refractivity contribution < 1.29 is 9.18 Å². The van der Waals surface area contributed by atoms with Gasteiger partial charge in [-0.3, -0.25) is 4.79 Å². The smallest absolute Gasteiger partial charge is 0.220 e. The fourth-order valence-corrected chi connectivity index (χ4v) is 4.19. The standard InChI is InChI=1S/C21H32FN3O/c1-16(2)24-10-7-17(8-11-24)13-21(26)23-14-18-9-12-25(15-18)20-6-4-3-5-19(20)22/h3-6,16-18H,7-15H2,1-2H3,(H,23,26)/t18-/m1/s1. The highest BCUT2D eigenvalue weighted by atomic mass is 19.1. The number of rotatable bonds is 6. The summed E-state index contributed by atoms with van der Waals surface area (Å²) in [6.07, 6.45) is 3.89. The van der Waals surface area contributed by atoms with Crippen molar-refractivity contribution in [3.63, 3.8) is 0 Å². The lowest BCUT2D eigenvalue weighted by atomic mass is 9.92. The molecule has 2 aliphatic heterocycles. The monoisotopic (exact) mass is 361 g/mol. The van der Waals surface area contributed by atoms with Crippen LogP contribution in [0.25, 0.3) is 0 Å². The predicted octanol–water partition coefficient (Wildman–Crippen LogP) is 3.28. The van der Waals surface area contributed by atoms with Gasteiger partial charge in [-0.25, -0.2) is 4.39 Å². The number of hydrogen-bond donors (Lipinski definition) is 1. The van der Waals surface area contributed by atoms with E-state index in [1.807, 2.05) is 12.1 Å². The molecule has 2 fully saturated rings. The van der Waals surface area contributed by atoms with Crippen molar-refractivity contribution in [1.82, 2.24) is 10.2 Å². The zero-order valence-corrected chi connectivity index (χ0v) is 16.1. The largest absolute Gasteiger partial charge is 0.369 e. The number of likely N-dealkylation sites (tertiary alicyclic amines) is 1. The molecular formula is C21H32FN3O. The molecule has 144 valence electrons. The van der Waals surface area contributed by atoms with E-state index < -0.39 is 0 Å². The molecule has 1 aromatic carbocycles. The van der Waals surface area contributed by atoms with E-state index in [1.54, 1.807) is 6.07 Å². The predicted molar refractivity (Wildman–Crippen MR) is 104 cm³/mol. The Hall–Kier alpha value is -1.62. The van der Waals surface area contributed by atoms with Gasteiger partial charge in [0.05, 0.1) is 5.69 Å². The highest BCUT2D eigenvalue weighted by molar-refractivity contribution is 5.76. The number of anilines is 1. The molecule has 26 heavy (non-hydrogen) atoms. The van der Waals surface area contributed by atoms with Crippen molar-refractivity contribution >= 4 is 11.6 Å². The van der Waals surface area contributed by atoms with E-state index in [9.17, 15) is 9.18 Å². The quantitative estimate of drug-likeness (QED) is 0.845. The van der Waals surface area contributed by atoms with Gasteiger partial charge in [0.15, 0.2) is 0 Å². The maximum atomic E-state index is 13.9. The number of amides is 1. The number of benzene rings is 1. The number of carbonyl (C=O) groups is 1. The second-order valence-electron chi connectivity index (χ2n) is 8.13. The molecule has 2 aliphatic rings. The van der Waals surface area contributed by atoms with Crippen LogP contribution in [0.15, 0.2) is 24.3 Å². The molecule has 0 radical (unpaired) electrons. The van der Waals surface area contributed by atoms with Crippen molar-refractivity contribution in [3.8, 4) is 0 Å². The van der Waals surface area contributed by atoms with Gasteiger partial charge in [-0.15, -0.1) is 0 Å². The van der Waals surface area contributed by atoms with E-state index in [0.29, 0.717) is 36.5 Å². The summed E-state index contributed by atoms with van der Waals surface area (Å²) in [6.45, 7) is 9.06. The van der Waals surface area contributed by atoms with Crippen molar-refractivity contribution in [2.45, 2.75) is 45.6 Å². The zero-order valence-electron chi connectivity index (χ0n) is 16.1. The SMILES string of the molecule is CC(C)N1CCC(CC(=O)NC[C@H]2CCN(c3ccccc3F)C2)CC1. The lowest BCUT2D eigenvalue weighted by Gasteiger charge is -2.34. The highest BCUT2D eigenvalue weighted by Gasteiger charge is 2.26. The molecule has 0 bridgehead atoms. The molecular weight excluding hydrogens is 329 g/mol. The summed E-state index contributed by atoms with van der Waals surface area (Å²) in [6, 6.07) is 7.54. The Labute approximate surface area is 156 Å². The van der Waals surface area contributed by atoms with E-state index in [4.69, 9.17) is 0 Å². The summed E-state index contributed by atoms with van der Waals surface area (Å²) < 4.78 is 13.9. The molecule has 4 nitrogen and oxygen atoms in total. The van der Waals surface area contributed by atoms with Crippen LogP contribution in [0.1, 0.15) is 39.5 Å². The van der Waals surface area contributed by atoms with Gasteiger partial charge in [-0.05, 0) is 70.2 Å². The third kappa shape index (κ3) is 4.97. The topological polar surface area (TPSA) is 35.6 Å². The van der Waals surface area contributed by atoms with Gasteiger partial charge in [0.25, 0.3) is 0 Å². The number of nitrogens with one attached hydrogen (secondary N) is 1. The minimum Gasteiger partial charge on any atom is -0.369 e. The maximum Gasteiger partial charge on any atom is 0.220 e. The van der Waals surface area contributed by atoms with Crippen LogP contribution in [-0.2, 0) is 4.79 Å². The molecule has 0 aromatic heterocycles. The van der Waals surface area contributed by atoms with Crippen molar-refractivity contribution in [1.29, 1.82) is 0 Å². The molecule has 0 unspecified atom stereocenters. The van der Waals surface area contributed by atoms with E-state index >= 15 is 0 Å². The van der Waals surface area contributed by atoms with Crippen LogP contribution in [0.5, 0.6) is 0 Å². The third-order valence-electron chi connectivity index (χ3n) is 5.92. The van der Waals surface area contributed by atoms with Crippen LogP contribution in [0.4, 0.5) is 10.1 Å². The molecule has 1 aromatic rings. The molecule has 5 heteroatoms. The number of carbonyl (C=O) groups excluding carboxylic acids is 1. The fourth-order valence-electron chi connectivity index (χ4n) is 4.19. The van der Waals surface area contributed by atoms with Crippen molar-refractivity contribution in [3.05, 3.63) is 30.1 Å². The Morgan fingerprint density at radius 1 is 1.15 bits per heavy atom. The zero-order chi connectivity index (χ0) is 18.5. The molecule has 2 saturated heterocycles. The average molecular weight is 362 g/mol. The first-order valence-corrected chi connectivity index (χ1v) is 10.0. The molecule has 2 heterocycles. The normalized spacial score (nSPS) is 22.2. The summed E-state index contributed by atoms with van der Waals surface area (Å²) in [5, 5.41) is 3.12. The van der Waals surface area contributed by atoms with Gasteiger partial charge >= 0.3 is 0 Å². The molecule has 3 rings (SSSR count). The van der Waals surface area contributed by atoms with Gasteiger partial charge in [-0.1, -0.05) is 12.1 Å². The molecule has 0 aliphatic carbocycles. The maximum absolute atomic E-state index is 13.9. The van der Waals surface area contributed by atoms with E-state index in [-0.39, 0.29) is 11.7 Å². The molecule has 0 saturated carbocycles. The second-order valence-corrected chi connectivity index (χ2v) is 8.13. The van der Waals surface area contributed by atoms with Crippen molar-refractivity contribution in [2.75, 3.05) is 37.6 Å². The summed E-state index contributed by atoms with van der Waals surface area (Å²) in [5.74, 6) is 0.937. The molecule has 1 N–H and O–H groups in total. The minimum absolute atomic E-state index is 0.162. The summed E-state index contributed by atoms with van der Waals surface area (Å²) in [4.78, 5) is 16.9. The fraction of sp³-hybridized carbons (Fsp3) is 0.667. The number of hydrogen-bond acceptors (Lipinski definition) is 3. The summed E-state index contributed by atoms with van der Waals surface area (Å²) >= 11 is 0. The van der Waals surface area contributed by atoms with E-state index in [2.05, 4.69) is 29.0 Å². The van der Waals surface area contributed by atoms with Crippen LogP contribution < -0.4 is 10.2 Å². The molecule has 1 amide bonds. The van der Waals surface area contributed by atoms with Crippen LogP contribution in [0.2, 0.25) is 0 Å². The number of piperidine rings is 1. The van der Waals surface area contributed by atoms with Gasteiger partial charge in [0.2, 0.25) is 5.91 Å². The number of nitrogens with zero attached hydrogens (tertiary/aromatic N) is 2.